The first-order chi connectivity index (χ1) is 7.68. The molecular weight excluding hydrogens is 270 g/mol. The highest BCUT2D eigenvalue weighted by molar-refractivity contribution is 9.10. The fraction of sp³-hybridized carbons (Fsp3) is 0.636. The van der Waals surface area contributed by atoms with Crippen molar-refractivity contribution in [2.75, 3.05) is 12.8 Å². The molecule has 0 radical (unpaired) electrons. The molecule has 1 saturated carbocycles. The normalized spacial score (nSPS) is 19.6. The topological polar surface area (TPSA) is 61.0 Å². The minimum Gasteiger partial charge on any atom is -0.383 e. The molecule has 0 amide bonds. The molecule has 16 heavy (non-hydrogen) atoms. The van der Waals surface area contributed by atoms with E-state index in [4.69, 9.17) is 10.5 Å². The monoisotopic (exact) mass is 285 g/mol. The summed E-state index contributed by atoms with van der Waals surface area (Å²) in [5, 5.41) is 0. The molecule has 2 rings (SSSR count). The van der Waals surface area contributed by atoms with Crippen LogP contribution >= 0.6 is 15.9 Å². The lowest BCUT2D eigenvalue weighted by molar-refractivity contribution is -0.0514. The second kappa shape index (κ2) is 4.67. The van der Waals surface area contributed by atoms with Crippen molar-refractivity contribution in [3.63, 3.8) is 0 Å². The first-order valence-electron chi connectivity index (χ1n) is 5.51. The Morgan fingerprint density at radius 1 is 1.38 bits per heavy atom. The minimum atomic E-state index is -0.326. The number of nitrogens with two attached hydrogens (primary N) is 1. The Labute approximate surface area is 104 Å². The molecule has 1 aromatic heterocycles. The van der Waals surface area contributed by atoms with Crippen molar-refractivity contribution in [2.24, 2.45) is 0 Å². The lowest BCUT2D eigenvalue weighted by Crippen LogP contribution is -2.33. The lowest BCUT2D eigenvalue weighted by atomic mass is 9.84. The smallest absolute Gasteiger partial charge is 0.162 e. The number of nitrogen functional groups attached to an aromatic ring is 1. The van der Waals surface area contributed by atoms with Crippen LogP contribution in [0.25, 0.3) is 0 Å². The Bertz CT molecular complexity index is 377. The van der Waals surface area contributed by atoms with Gasteiger partial charge in [0, 0.05) is 13.3 Å². The number of halogens is 1. The third-order valence-electron chi connectivity index (χ3n) is 3.23. The standard InChI is InChI=1S/C11H16BrN3O/c1-16-11(5-3-2-4-6-11)10-14-7-8(12)9(13)15-10/h7H,2-6H2,1H3,(H2,13,14,15). The van der Waals surface area contributed by atoms with Gasteiger partial charge in [0.15, 0.2) is 5.82 Å². The number of nitrogens with zero attached hydrogens (tertiary/aromatic N) is 2. The molecule has 0 saturated heterocycles. The van der Waals surface area contributed by atoms with Crippen LogP contribution in [-0.4, -0.2) is 17.1 Å². The van der Waals surface area contributed by atoms with E-state index >= 15 is 0 Å². The van der Waals surface area contributed by atoms with Gasteiger partial charge in [-0.25, -0.2) is 9.97 Å². The molecule has 88 valence electrons. The van der Waals surface area contributed by atoms with Gasteiger partial charge in [0.2, 0.25) is 0 Å². The van der Waals surface area contributed by atoms with Crippen LogP contribution < -0.4 is 5.73 Å². The number of methoxy groups -OCH3 is 1. The molecule has 0 aliphatic heterocycles. The largest absolute Gasteiger partial charge is 0.383 e. The Morgan fingerprint density at radius 2 is 2.06 bits per heavy atom. The summed E-state index contributed by atoms with van der Waals surface area (Å²) >= 11 is 3.30. The Balaban J connectivity index is 2.35. The van der Waals surface area contributed by atoms with E-state index in [1.807, 2.05) is 0 Å². The van der Waals surface area contributed by atoms with Crippen molar-refractivity contribution in [1.82, 2.24) is 9.97 Å². The van der Waals surface area contributed by atoms with Crippen LogP contribution in [0.2, 0.25) is 0 Å². The summed E-state index contributed by atoms with van der Waals surface area (Å²) < 4.78 is 6.40. The number of anilines is 1. The van der Waals surface area contributed by atoms with Crippen molar-refractivity contribution in [3.05, 3.63) is 16.5 Å². The van der Waals surface area contributed by atoms with E-state index in [0.717, 1.165) is 36.0 Å². The third kappa shape index (κ3) is 2.06. The zero-order valence-electron chi connectivity index (χ0n) is 9.37. The lowest BCUT2D eigenvalue weighted by Gasteiger charge is -2.34. The van der Waals surface area contributed by atoms with Crippen molar-refractivity contribution >= 4 is 21.7 Å². The van der Waals surface area contributed by atoms with Crippen molar-refractivity contribution in [3.8, 4) is 0 Å². The van der Waals surface area contributed by atoms with E-state index in [-0.39, 0.29) is 5.60 Å². The Morgan fingerprint density at radius 3 is 2.62 bits per heavy atom. The molecule has 1 aliphatic rings. The highest BCUT2D eigenvalue weighted by Crippen LogP contribution is 2.38. The predicted octanol–water partition coefficient (Wildman–Crippen LogP) is 2.63. The van der Waals surface area contributed by atoms with Crippen LogP contribution in [0.15, 0.2) is 10.7 Å². The minimum absolute atomic E-state index is 0.326. The van der Waals surface area contributed by atoms with Gasteiger partial charge in [-0.15, -0.1) is 0 Å². The van der Waals surface area contributed by atoms with E-state index in [1.165, 1.54) is 6.42 Å². The fourth-order valence-corrected chi connectivity index (χ4v) is 2.43. The SMILES string of the molecule is COC1(c2ncc(Br)c(N)n2)CCCCC1. The molecule has 1 aliphatic carbocycles. The molecule has 5 heteroatoms. The van der Waals surface area contributed by atoms with Gasteiger partial charge in [0.1, 0.15) is 11.4 Å². The molecule has 0 bridgehead atoms. The number of hydrogen-bond donors (Lipinski definition) is 1. The fourth-order valence-electron chi connectivity index (χ4n) is 2.24. The van der Waals surface area contributed by atoms with E-state index < -0.39 is 0 Å². The number of rotatable bonds is 2. The van der Waals surface area contributed by atoms with Gasteiger partial charge in [-0.05, 0) is 28.8 Å². The summed E-state index contributed by atoms with van der Waals surface area (Å²) in [7, 11) is 1.73. The van der Waals surface area contributed by atoms with Crippen LogP contribution in [0.4, 0.5) is 5.82 Å². The second-order valence-corrected chi connectivity index (χ2v) is 5.04. The molecule has 0 unspecified atom stereocenters. The molecular formula is C11H16BrN3O. The maximum atomic E-state index is 5.79. The Hall–Kier alpha value is -0.680. The van der Waals surface area contributed by atoms with Gasteiger partial charge in [0.05, 0.1) is 4.47 Å². The van der Waals surface area contributed by atoms with Crippen molar-refractivity contribution in [1.29, 1.82) is 0 Å². The van der Waals surface area contributed by atoms with Gasteiger partial charge in [-0.1, -0.05) is 19.3 Å². The number of aromatic nitrogens is 2. The van der Waals surface area contributed by atoms with Crippen LogP contribution in [0.3, 0.4) is 0 Å². The average Bonchev–Trinajstić information content (AvgIpc) is 2.33. The zero-order chi connectivity index (χ0) is 11.6. The third-order valence-corrected chi connectivity index (χ3v) is 3.84. The summed E-state index contributed by atoms with van der Waals surface area (Å²) in [6.45, 7) is 0. The van der Waals surface area contributed by atoms with Crippen LogP contribution in [0.5, 0.6) is 0 Å². The summed E-state index contributed by atoms with van der Waals surface area (Å²) in [6, 6.07) is 0. The average molecular weight is 286 g/mol. The first kappa shape index (κ1) is 11.8. The molecule has 1 heterocycles. The molecule has 0 spiro atoms. The van der Waals surface area contributed by atoms with Gasteiger partial charge < -0.3 is 10.5 Å². The van der Waals surface area contributed by atoms with Gasteiger partial charge in [-0.3, -0.25) is 0 Å². The summed E-state index contributed by atoms with van der Waals surface area (Å²) in [6.07, 6.45) is 7.24. The molecule has 0 aromatic carbocycles. The van der Waals surface area contributed by atoms with Gasteiger partial charge in [-0.2, -0.15) is 0 Å². The van der Waals surface area contributed by atoms with Crippen molar-refractivity contribution in [2.45, 2.75) is 37.7 Å². The van der Waals surface area contributed by atoms with Crippen LogP contribution in [0.1, 0.15) is 37.9 Å². The second-order valence-electron chi connectivity index (χ2n) is 4.19. The van der Waals surface area contributed by atoms with Gasteiger partial charge >= 0.3 is 0 Å². The van der Waals surface area contributed by atoms with Crippen LogP contribution in [0, 0.1) is 0 Å². The molecule has 0 atom stereocenters. The van der Waals surface area contributed by atoms with E-state index in [1.54, 1.807) is 13.3 Å². The number of hydrogen-bond acceptors (Lipinski definition) is 4. The maximum Gasteiger partial charge on any atom is 0.162 e. The number of ether oxygens (including phenoxy) is 1. The van der Waals surface area contributed by atoms with E-state index in [2.05, 4.69) is 25.9 Å². The van der Waals surface area contributed by atoms with Crippen LogP contribution in [-0.2, 0) is 10.3 Å². The first-order valence-corrected chi connectivity index (χ1v) is 6.31. The molecule has 2 N–H and O–H groups in total. The van der Waals surface area contributed by atoms with E-state index in [9.17, 15) is 0 Å². The highest BCUT2D eigenvalue weighted by Gasteiger charge is 2.36. The summed E-state index contributed by atoms with van der Waals surface area (Å²) in [5.41, 5.74) is 5.46. The highest BCUT2D eigenvalue weighted by atomic mass is 79.9. The zero-order valence-corrected chi connectivity index (χ0v) is 11.0. The summed E-state index contributed by atoms with van der Waals surface area (Å²) in [5.74, 6) is 1.20. The quantitative estimate of drug-likeness (QED) is 0.907. The Kier molecular flexibility index (Phi) is 3.44. The van der Waals surface area contributed by atoms with Gasteiger partial charge in [0.25, 0.3) is 0 Å². The summed E-state index contributed by atoms with van der Waals surface area (Å²) in [4.78, 5) is 8.68. The molecule has 4 nitrogen and oxygen atoms in total. The molecule has 1 fully saturated rings. The van der Waals surface area contributed by atoms with Crippen molar-refractivity contribution < 1.29 is 4.74 Å². The van der Waals surface area contributed by atoms with E-state index in [0.29, 0.717) is 5.82 Å². The predicted molar refractivity (Wildman–Crippen MR) is 65.9 cm³/mol. The molecule has 1 aromatic rings. The maximum absolute atomic E-state index is 5.79.